The first kappa shape index (κ1) is 15.7. The molecule has 0 radical (unpaired) electrons. The second-order valence-corrected chi connectivity index (χ2v) is 1.34. The van der Waals surface area contributed by atoms with Crippen molar-refractivity contribution in [2.24, 2.45) is 0 Å². The van der Waals surface area contributed by atoms with Crippen molar-refractivity contribution in [3.8, 4) is 0 Å². The smallest absolute Gasteiger partial charge is 0.857 e. The largest absolute Gasteiger partial charge is 1.00 e. The third-order valence-corrected chi connectivity index (χ3v) is 0. The summed E-state index contributed by atoms with van der Waals surface area (Å²) in [6.07, 6.45) is 0. The fourth-order valence-electron chi connectivity index (χ4n) is 0. The number of hydrogen-bond donors (Lipinski definition) is 0. The van der Waals surface area contributed by atoms with E-state index in [1.807, 2.05) is 26.0 Å². The fraction of sp³-hybridized carbons (Fsp3) is 1.00. The van der Waals surface area contributed by atoms with E-state index in [-0.39, 0.29) is 29.6 Å². The van der Waals surface area contributed by atoms with Crippen molar-refractivity contribution in [3.63, 3.8) is 0 Å². The van der Waals surface area contributed by atoms with E-state index in [4.69, 9.17) is 5.11 Å². The first-order valence-corrected chi connectivity index (χ1v) is 1.75. The zero-order valence-electron chi connectivity index (χ0n) is 5.86. The van der Waals surface area contributed by atoms with Crippen LogP contribution in [0.15, 0.2) is 0 Å². The molecular weight excluding hydrogens is 101 g/mol. The minimum absolute atomic E-state index is 0. The van der Waals surface area contributed by atoms with Gasteiger partial charge in [0.1, 0.15) is 0 Å². The predicted octanol–water partition coefficient (Wildman–Crippen LogP) is -3.84. The second-order valence-electron chi connectivity index (χ2n) is 1.34. The number of rotatable bonds is 0. The van der Waals surface area contributed by atoms with Crippen molar-refractivity contribution in [1.82, 2.24) is 4.90 Å². The summed E-state index contributed by atoms with van der Waals surface area (Å²) in [5.74, 6) is 0. The summed E-state index contributed by atoms with van der Waals surface area (Å²) >= 11 is 0. The summed E-state index contributed by atoms with van der Waals surface area (Å²) in [5.41, 5.74) is 0. The monoisotopic (exact) mass is 113 g/mol. The zero-order valence-corrected chi connectivity index (χ0v) is 7.86. The summed E-state index contributed by atoms with van der Waals surface area (Å²) in [6.45, 7) is 0. The van der Waals surface area contributed by atoms with Gasteiger partial charge in [-0.25, -0.2) is 0 Å². The van der Waals surface area contributed by atoms with Gasteiger partial charge in [0.15, 0.2) is 0 Å². The van der Waals surface area contributed by atoms with Crippen LogP contribution in [0.3, 0.4) is 0 Å². The molecule has 3 heteroatoms. The van der Waals surface area contributed by atoms with Gasteiger partial charge >= 0.3 is 29.6 Å². The Kier molecular flexibility index (Phi) is 35.3. The van der Waals surface area contributed by atoms with Gasteiger partial charge in [0.2, 0.25) is 0 Å². The van der Waals surface area contributed by atoms with E-state index in [1.165, 1.54) is 0 Å². The van der Waals surface area contributed by atoms with Crippen molar-refractivity contribution in [3.05, 3.63) is 0 Å². The minimum Gasteiger partial charge on any atom is -0.857 e. The molecule has 0 aliphatic heterocycles. The quantitative estimate of drug-likeness (QED) is 0.301. The standard InChI is InChI=1S/C3H9N.CH3O.Na/c1-4(2)3;1-2;/h1-3H3;1H3;/q;-1;+1. The molecule has 0 N–H and O–H groups in total. The normalized spacial score (nSPS) is 6.00. The van der Waals surface area contributed by atoms with E-state index in [0.29, 0.717) is 0 Å². The van der Waals surface area contributed by atoms with Crippen molar-refractivity contribution in [1.29, 1.82) is 0 Å². The molecule has 0 saturated carbocycles. The van der Waals surface area contributed by atoms with Gasteiger partial charge in [-0.1, -0.05) is 0 Å². The average Bonchev–Trinajstić information content (AvgIpc) is 1.41. The van der Waals surface area contributed by atoms with Crippen LogP contribution in [0.5, 0.6) is 0 Å². The molecule has 0 heterocycles. The SMILES string of the molecule is CN(C)C.C[O-].[Na+]. The first-order chi connectivity index (χ1) is 2.73. The van der Waals surface area contributed by atoms with Crippen LogP contribution in [0.4, 0.5) is 0 Å². The molecule has 7 heavy (non-hydrogen) atoms. The molecule has 0 aromatic carbocycles. The molecule has 0 bridgehead atoms. The molecule has 0 saturated heterocycles. The second kappa shape index (κ2) is 15.8. The Morgan fingerprint density at radius 3 is 1.00 bits per heavy atom. The molecule has 0 atom stereocenters. The summed E-state index contributed by atoms with van der Waals surface area (Å²) in [5, 5.41) is 8.25. The summed E-state index contributed by atoms with van der Waals surface area (Å²) < 4.78 is 0. The van der Waals surface area contributed by atoms with Crippen LogP contribution in [0, 0.1) is 0 Å². The Morgan fingerprint density at radius 2 is 1.00 bits per heavy atom. The van der Waals surface area contributed by atoms with Gasteiger partial charge < -0.3 is 10.0 Å². The van der Waals surface area contributed by atoms with Crippen LogP contribution in [0.25, 0.3) is 0 Å². The molecule has 2 nitrogen and oxygen atoms in total. The average molecular weight is 113 g/mol. The maximum absolute atomic E-state index is 8.25. The Balaban J connectivity index is -0.0000000480. The zero-order chi connectivity index (χ0) is 5.58. The van der Waals surface area contributed by atoms with E-state index in [1.54, 1.807) is 0 Å². The Bertz CT molecular complexity index is 16.4. The van der Waals surface area contributed by atoms with Gasteiger partial charge in [-0.15, -0.1) is 0 Å². The van der Waals surface area contributed by atoms with Crippen LogP contribution < -0.4 is 34.7 Å². The summed E-state index contributed by atoms with van der Waals surface area (Å²) in [6, 6.07) is 0. The van der Waals surface area contributed by atoms with E-state index in [9.17, 15) is 0 Å². The Morgan fingerprint density at radius 1 is 1.00 bits per heavy atom. The van der Waals surface area contributed by atoms with Crippen LogP contribution in [0.2, 0.25) is 0 Å². The van der Waals surface area contributed by atoms with E-state index in [0.717, 1.165) is 7.11 Å². The summed E-state index contributed by atoms with van der Waals surface area (Å²) in [7, 11) is 6.75. The van der Waals surface area contributed by atoms with Gasteiger partial charge in [0.25, 0.3) is 0 Å². The molecule has 0 aliphatic rings. The van der Waals surface area contributed by atoms with Crippen LogP contribution >= 0.6 is 0 Å². The molecule has 0 aromatic heterocycles. The molecule has 40 valence electrons. The van der Waals surface area contributed by atoms with Crippen LogP contribution in [-0.4, -0.2) is 33.2 Å². The molecular formula is C4H12NNaO. The van der Waals surface area contributed by atoms with Gasteiger partial charge in [0, 0.05) is 0 Å². The van der Waals surface area contributed by atoms with Crippen LogP contribution in [-0.2, 0) is 0 Å². The predicted molar refractivity (Wildman–Crippen MR) is 25.5 cm³/mol. The number of nitrogens with zero attached hydrogens (tertiary/aromatic N) is 1. The Labute approximate surface area is 67.8 Å². The molecule has 0 fully saturated rings. The topological polar surface area (TPSA) is 26.3 Å². The van der Waals surface area contributed by atoms with E-state index >= 15 is 0 Å². The Hall–Kier alpha value is 0.920. The van der Waals surface area contributed by atoms with Gasteiger partial charge in [-0.3, -0.25) is 0 Å². The maximum Gasteiger partial charge on any atom is 1.00 e. The minimum atomic E-state index is 0. The van der Waals surface area contributed by atoms with E-state index in [2.05, 4.69) is 0 Å². The van der Waals surface area contributed by atoms with Crippen molar-refractivity contribution in [2.75, 3.05) is 28.3 Å². The van der Waals surface area contributed by atoms with Gasteiger partial charge in [-0.2, -0.15) is 7.11 Å². The molecule has 0 aromatic rings. The van der Waals surface area contributed by atoms with Crippen molar-refractivity contribution >= 4 is 0 Å². The molecule has 0 amide bonds. The van der Waals surface area contributed by atoms with Crippen molar-refractivity contribution in [2.45, 2.75) is 0 Å². The third-order valence-electron chi connectivity index (χ3n) is 0. The first-order valence-electron chi connectivity index (χ1n) is 1.75. The van der Waals surface area contributed by atoms with Gasteiger partial charge in [-0.05, 0) is 21.1 Å². The fourth-order valence-corrected chi connectivity index (χ4v) is 0. The third kappa shape index (κ3) is 198. The number of hydrogen-bond acceptors (Lipinski definition) is 2. The molecule has 0 spiro atoms. The molecule has 0 unspecified atom stereocenters. The van der Waals surface area contributed by atoms with Gasteiger partial charge in [0.05, 0.1) is 0 Å². The van der Waals surface area contributed by atoms with E-state index < -0.39 is 0 Å². The van der Waals surface area contributed by atoms with Crippen molar-refractivity contribution < 1.29 is 34.7 Å². The van der Waals surface area contributed by atoms with Crippen LogP contribution in [0.1, 0.15) is 0 Å². The molecule has 0 aliphatic carbocycles. The maximum atomic E-state index is 8.25. The summed E-state index contributed by atoms with van der Waals surface area (Å²) in [4.78, 5) is 2.00. The molecule has 0 rings (SSSR count).